The van der Waals surface area contributed by atoms with E-state index in [9.17, 15) is 4.79 Å². The molecule has 0 heterocycles. The summed E-state index contributed by atoms with van der Waals surface area (Å²) >= 11 is 0. The van der Waals surface area contributed by atoms with Gasteiger partial charge in [0.1, 0.15) is 12.4 Å². The van der Waals surface area contributed by atoms with E-state index in [0.717, 1.165) is 38.7 Å². The Bertz CT molecular complexity index is 526. The lowest BCUT2D eigenvalue weighted by Gasteiger charge is -2.40. The molecule has 0 aromatic rings. The number of allylic oxidation sites excluding steroid dienone is 2. The van der Waals surface area contributed by atoms with Gasteiger partial charge in [-0.3, -0.25) is 4.79 Å². The van der Waals surface area contributed by atoms with Crippen LogP contribution in [0.2, 0.25) is 0 Å². The van der Waals surface area contributed by atoms with E-state index in [4.69, 9.17) is 4.74 Å². The second-order valence-electron chi connectivity index (χ2n) is 8.48. The van der Waals surface area contributed by atoms with Crippen molar-refractivity contribution in [2.24, 2.45) is 22.7 Å². The molecule has 0 aromatic heterocycles. The highest BCUT2D eigenvalue weighted by molar-refractivity contribution is 5.84. The maximum absolute atomic E-state index is 12.2. The summed E-state index contributed by atoms with van der Waals surface area (Å²) in [7, 11) is 0. The van der Waals surface area contributed by atoms with Crippen molar-refractivity contribution in [1.82, 2.24) is 0 Å². The Balaban J connectivity index is 1.81. The predicted octanol–water partition coefficient (Wildman–Crippen LogP) is 4.78. The zero-order valence-corrected chi connectivity index (χ0v) is 15.5. The van der Waals surface area contributed by atoms with E-state index >= 15 is 0 Å². The second kappa shape index (κ2) is 7.22. The number of rotatable bonds is 5. The summed E-state index contributed by atoms with van der Waals surface area (Å²) in [4.78, 5) is 12.2. The van der Waals surface area contributed by atoms with Gasteiger partial charge < -0.3 is 4.74 Å². The third kappa shape index (κ3) is 4.48. The van der Waals surface area contributed by atoms with Crippen molar-refractivity contribution in [3.8, 4) is 11.8 Å². The molecule has 0 aliphatic heterocycles. The zero-order chi connectivity index (χ0) is 17.1. The first-order valence-corrected chi connectivity index (χ1v) is 9.05. The Labute approximate surface area is 142 Å². The van der Waals surface area contributed by atoms with Crippen LogP contribution in [0.15, 0.2) is 11.6 Å². The van der Waals surface area contributed by atoms with Gasteiger partial charge in [-0.05, 0) is 57.8 Å². The van der Waals surface area contributed by atoms with Crippen LogP contribution in [-0.4, -0.2) is 19.0 Å². The first-order valence-electron chi connectivity index (χ1n) is 9.05. The molecule has 2 aliphatic carbocycles. The van der Waals surface area contributed by atoms with Gasteiger partial charge in [-0.15, -0.1) is 0 Å². The number of fused-ring (bicyclic) bond motifs is 1. The average Bonchev–Trinajstić information content (AvgIpc) is 2.80. The van der Waals surface area contributed by atoms with Crippen LogP contribution < -0.4 is 0 Å². The fourth-order valence-electron chi connectivity index (χ4n) is 4.15. The average molecular weight is 316 g/mol. The minimum Gasteiger partial charge on any atom is -0.369 e. The molecular formula is C21H32O2. The van der Waals surface area contributed by atoms with E-state index in [0.29, 0.717) is 18.3 Å². The van der Waals surface area contributed by atoms with Gasteiger partial charge in [0.15, 0.2) is 0 Å². The van der Waals surface area contributed by atoms with Crippen LogP contribution >= 0.6 is 0 Å². The zero-order valence-electron chi connectivity index (χ0n) is 15.5. The van der Waals surface area contributed by atoms with Crippen molar-refractivity contribution >= 4 is 5.78 Å². The lowest BCUT2D eigenvalue weighted by atomic mass is 9.63. The number of Topliss-reactive ketones (excluding diaryl/α,β-unsaturated/α-hetero) is 1. The molecule has 0 radical (unpaired) electrons. The van der Waals surface area contributed by atoms with E-state index in [2.05, 4.69) is 52.5 Å². The molecular weight excluding hydrogens is 284 g/mol. The number of hydrogen-bond acceptors (Lipinski definition) is 2. The maximum atomic E-state index is 12.2. The van der Waals surface area contributed by atoms with Gasteiger partial charge in [0.2, 0.25) is 0 Å². The van der Waals surface area contributed by atoms with Gasteiger partial charge in [0, 0.05) is 24.4 Å². The molecule has 1 saturated carbocycles. The normalized spacial score (nSPS) is 28.7. The van der Waals surface area contributed by atoms with Gasteiger partial charge in [0.05, 0.1) is 0 Å². The molecule has 2 aliphatic rings. The van der Waals surface area contributed by atoms with Crippen LogP contribution in [0.5, 0.6) is 0 Å². The van der Waals surface area contributed by atoms with Crippen LogP contribution in [0.25, 0.3) is 0 Å². The first kappa shape index (κ1) is 18.3. The quantitative estimate of drug-likeness (QED) is 0.414. The molecule has 2 rings (SSSR count). The largest absolute Gasteiger partial charge is 0.369 e. The predicted molar refractivity (Wildman–Crippen MR) is 95.0 cm³/mol. The fourth-order valence-corrected chi connectivity index (χ4v) is 4.15. The summed E-state index contributed by atoms with van der Waals surface area (Å²) in [6, 6.07) is 0. The highest BCUT2D eigenvalue weighted by Gasteiger charge is 2.47. The summed E-state index contributed by atoms with van der Waals surface area (Å²) in [5, 5.41) is 0. The number of ether oxygens (including phenoxy) is 1. The lowest BCUT2D eigenvalue weighted by molar-refractivity contribution is -0.128. The number of ketones is 1. The maximum Gasteiger partial charge on any atom is 0.137 e. The number of hydrogen-bond donors (Lipinski definition) is 0. The Kier molecular flexibility index (Phi) is 5.74. The van der Waals surface area contributed by atoms with Crippen molar-refractivity contribution in [2.75, 3.05) is 13.2 Å². The Morgan fingerprint density at radius 2 is 2.17 bits per heavy atom. The summed E-state index contributed by atoms with van der Waals surface area (Å²) in [5.41, 5.74) is 1.66. The summed E-state index contributed by atoms with van der Waals surface area (Å²) < 4.78 is 5.68. The SMILES string of the molecule is C[C@H](CCOCC#CC(C)(C)C)C1=CC[C@H]2C(=O)CCC[C@]12C. The van der Waals surface area contributed by atoms with Crippen molar-refractivity contribution in [3.05, 3.63) is 11.6 Å². The first-order chi connectivity index (χ1) is 10.7. The molecule has 0 unspecified atom stereocenters. The molecule has 128 valence electrons. The van der Waals surface area contributed by atoms with E-state index in [-0.39, 0.29) is 16.7 Å². The van der Waals surface area contributed by atoms with E-state index < -0.39 is 0 Å². The molecule has 0 amide bonds. The van der Waals surface area contributed by atoms with Crippen LogP contribution in [0.3, 0.4) is 0 Å². The minimum absolute atomic E-state index is 0.0441. The molecule has 0 aromatic carbocycles. The van der Waals surface area contributed by atoms with Gasteiger partial charge in [0.25, 0.3) is 0 Å². The Hall–Kier alpha value is -1.07. The highest BCUT2D eigenvalue weighted by atomic mass is 16.5. The monoisotopic (exact) mass is 316 g/mol. The number of carbonyl (C=O) groups is 1. The summed E-state index contributed by atoms with van der Waals surface area (Å²) in [6.07, 6.45) is 7.31. The van der Waals surface area contributed by atoms with Gasteiger partial charge in [-0.25, -0.2) is 0 Å². The molecule has 2 nitrogen and oxygen atoms in total. The van der Waals surface area contributed by atoms with E-state index in [1.54, 1.807) is 0 Å². The minimum atomic E-state index is 0.0441. The van der Waals surface area contributed by atoms with Crippen molar-refractivity contribution in [1.29, 1.82) is 0 Å². The standard InChI is InChI=1S/C21H32O2/c1-16(11-15-23-14-7-12-20(2,3)4)17-9-10-18-19(22)8-6-13-21(17,18)5/h9,16,18H,6,8,10-11,13-15H2,1-5H3/t16-,18+,21-/m1/s1. The third-order valence-corrected chi connectivity index (χ3v) is 5.37. The van der Waals surface area contributed by atoms with Crippen LogP contribution in [0, 0.1) is 34.5 Å². The summed E-state index contributed by atoms with van der Waals surface area (Å²) in [6.45, 7) is 12.2. The molecule has 2 heteroatoms. The smallest absolute Gasteiger partial charge is 0.137 e. The summed E-state index contributed by atoms with van der Waals surface area (Å²) in [5.74, 6) is 7.50. The van der Waals surface area contributed by atoms with Crippen molar-refractivity contribution in [3.63, 3.8) is 0 Å². The van der Waals surface area contributed by atoms with Gasteiger partial charge in [-0.2, -0.15) is 0 Å². The van der Waals surface area contributed by atoms with Crippen LogP contribution in [0.4, 0.5) is 0 Å². The molecule has 0 bridgehead atoms. The lowest BCUT2D eigenvalue weighted by Crippen LogP contribution is -2.36. The van der Waals surface area contributed by atoms with E-state index in [1.165, 1.54) is 5.57 Å². The third-order valence-electron chi connectivity index (χ3n) is 5.37. The van der Waals surface area contributed by atoms with E-state index in [1.807, 2.05) is 0 Å². The van der Waals surface area contributed by atoms with Gasteiger partial charge in [-0.1, -0.05) is 37.3 Å². The van der Waals surface area contributed by atoms with Gasteiger partial charge >= 0.3 is 0 Å². The molecule has 23 heavy (non-hydrogen) atoms. The Morgan fingerprint density at radius 3 is 2.87 bits per heavy atom. The molecule has 1 fully saturated rings. The van der Waals surface area contributed by atoms with Crippen LogP contribution in [-0.2, 0) is 9.53 Å². The van der Waals surface area contributed by atoms with Crippen molar-refractivity contribution in [2.45, 2.75) is 66.7 Å². The highest BCUT2D eigenvalue weighted by Crippen LogP contribution is 2.53. The number of carbonyl (C=O) groups excluding carboxylic acids is 1. The van der Waals surface area contributed by atoms with Crippen molar-refractivity contribution < 1.29 is 9.53 Å². The molecule has 0 saturated heterocycles. The fraction of sp³-hybridized carbons (Fsp3) is 0.762. The molecule has 0 N–H and O–H groups in total. The van der Waals surface area contributed by atoms with Crippen LogP contribution in [0.1, 0.15) is 66.7 Å². The topological polar surface area (TPSA) is 26.3 Å². The second-order valence-corrected chi connectivity index (χ2v) is 8.48. The molecule has 3 atom stereocenters. The Morgan fingerprint density at radius 1 is 1.43 bits per heavy atom. The molecule has 0 spiro atoms.